The molecule has 30 heavy (non-hydrogen) atoms. The molecule has 0 aromatic rings. The second kappa shape index (κ2) is 11.1. The largest absolute Gasteiger partial charge is 0.469 e. The van der Waals surface area contributed by atoms with Gasteiger partial charge in [0.05, 0.1) is 13.2 Å². The lowest BCUT2D eigenvalue weighted by atomic mass is 9.86. The summed E-state index contributed by atoms with van der Waals surface area (Å²) in [7, 11) is -0.420. The van der Waals surface area contributed by atoms with Crippen LogP contribution in [0.5, 0.6) is 0 Å². The Kier molecular flexibility index (Phi) is 9.38. The smallest absolute Gasteiger partial charge is 0.305 e. The van der Waals surface area contributed by atoms with E-state index >= 15 is 0 Å². The molecular formula is C25H44O4Si. The Morgan fingerprint density at radius 2 is 1.77 bits per heavy atom. The fourth-order valence-corrected chi connectivity index (χ4v) is 11.8. The topological polar surface area (TPSA) is 55.8 Å². The van der Waals surface area contributed by atoms with Crippen LogP contribution < -0.4 is 0 Å². The summed E-state index contributed by atoms with van der Waals surface area (Å²) in [5.74, 6) is 1.54. The van der Waals surface area contributed by atoms with E-state index < -0.39 is 8.32 Å². The number of carbonyl (C=O) groups excluding carboxylic acids is 1. The molecule has 0 radical (unpaired) electrons. The van der Waals surface area contributed by atoms with Crippen molar-refractivity contribution in [1.82, 2.24) is 0 Å². The molecule has 0 saturated heterocycles. The fraction of sp³-hybridized carbons (Fsp3) is 0.800. The molecule has 0 amide bonds. The lowest BCUT2D eigenvalue weighted by Crippen LogP contribution is -2.48. The molecule has 0 aliphatic heterocycles. The molecule has 2 aliphatic carbocycles. The number of ether oxygens (including phenoxy) is 1. The van der Waals surface area contributed by atoms with Crippen molar-refractivity contribution in [2.24, 2.45) is 23.7 Å². The predicted octanol–water partition coefficient (Wildman–Crippen LogP) is 5.88. The zero-order chi connectivity index (χ0) is 22.5. The van der Waals surface area contributed by atoms with Crippen molar-refractivity contribution < 1.29 is 19.1 Å². The minimum absolute atomic E-state index is 0.163. The van der Waals surface area contributed by atoms with E-state index in [-0.39, 0.29) is 12.1 Å². The van der Waals surface area contributed by atoms with E-state index in [1.54, 1.807) is 0 Å². The highest BCUT2D eigenvalue weighted by atomic mass is 28.4. The molecule has 0 unspecified atom stereocenters. The summed E-state index contributed by atoms with van der Waals surface area (Å²) in [5, 5.41) is 10.4. The SMILES string of the molecule is COC(=O)CC/C=C/[C@@H]1C[C@H]2[C@H](C=C[C@@H]2O)[C@H]1CCO[Si](C(C)C)(C(C)C)C(C)C. The Morgan fingerprint density at radius 1 is 1.13 bits per heavy atom. The van der Waals surface area contributed by atoms with Gasteiger partial charge in [-0.2, -0.15) is 0 Å². The van der Waals surface area contributed by atoms with Gasteiger partial charge in [-0.1, -0.05) is 65.8 Å². The molecule has 0 aromatic heterocycles. The highest BCUT2D eigenvalue weighted by molar-refractivity contribution is 6.77. The van der Waals surface area contributed by atoms with Gasteiger partial charge in [0.15, 0.2) is 8.32 Å². The van der Waals surface area contributed by atoms with E-state index in [9.17, 15) is 9.90 Å². The van der Waals surface area contributed by atoms with Crippen LogP contribution in [0.25, 0.3) is 0 Å². The van der Waals surface area contributed by atoms with Crippen molar-refractivity contribution in [3.8, 4) is 0 Å². The third-order valence-corrected chi connectivity index (χ3v) is 13.8. The first-order valence-electron chi connectivity index (χ1n) is 11.9. The summed E-state index contributed by atoms with van der Waals surface area (Å²) in [5.41, 5.74) is 1.78. The fourth-order valence-electron chi connectivity index (χ4n) is 6.36. The number of aliphatic hydroxyl groups is 1. The number of fused-ring (bicyclic) bond motifs is 1. The maximum Gasteiger partial charge on any atom is 0.305 e. The first-order chi connectivity index (χ1) is 14.1. The number of rotatable bonds is 11. The Balaban J connectivity index is 2.05. The minimum atomic E-state index is -1.85. The second-order valence-electron chi connectivity index (χ2n) is 10.2. The summed E-state index contributed by atoms with van der Waals surface area (Å²) >= 11 is 0. The quantitative estimate of drug-likeness (QED) is 0.250. The molecule has 2 aliphatic rings. The summed E-state index contributed by atoms with van der Waals surface area (Å²) in [4.78, 5) is 11.4. The van der Waals surface area contributed by atoms with E-state index in [0.717, 1.165) is 19.4 Å². The van der Waals surface area contributed by atoms with E-state index in [2.05, 4.69) is 59.8 Å². The van der Waals surface area contributed by atoms with E-state index in [1.807, 2.05) is 6.08 Å². The van der Waals surface area contributed by atoms with Crippen LogP contribution in [0.1, 0.15) is 67.2 Å². The maximum atomic E-state index is 11.4. The highest BCUT2D eigenvalue weighted by Gasteiger charge is 2.47. The number of aliphatic hydroxyl groups excluding tert-OH is 1. The third kappa shape index (κ3) is 5.46. The number of hydrogen-bond donors (Lipinski definition) is 1. The van der Waals surface area contributed by atoms with Gasteiger partial charge in [0.1, 0.15) is 0 Å². The molecule has 1 fully saturated rings. The number of allylic oxidation sites excluding steroid dienone is 3. The number of hydrogen-bond acceptors (Lipinski definition) is 4. The first kappa shape index (κ1) is 25.3. The molecule has 5 heteroatoms. The number of methoxy groups -OCH3 is 1. The van der Waals surface area contributed by atoms with Crippen LogP contribution in [0.3, 0.4) is 0 Å². The molecule has 0 heterocycles. The zero-order valence-electron chi connectivity index (χ0n) is 20.1. The van der Waals surface area contributed by atoms with Crippen molar-refractivity contribution in [1.29, 1.82) is 0 Å². The summed E-state index contributed by atoms with van der Waals surface area (Å²) in [6, 6.07) is 0. The molecule has 2 rings (SSSR count). The molecule has 1 N–H and O–H groups in total. The summed E-state index contributed by atoms with van der Waals surface area (Å²) < 4.78 is 11.6. The lowest BCUT2D eigenvalue weighted by Gasteiger charge is -2.42. The monoisotopic (exact) mass is 436 g/mol. The van der Waals surface area contributed by atoms with Gasteiger partial charge in [0, 0.05) is 13.0 Å². The van der Waals surface area contributed by atoms with Gasteiger partial charge in [-0.25, -0.2) is 0 Å². The van der Waals surface area contributed by atoms with Crippen LogP contribution >= 0.6 is 0 Å². The van der Waals surface area contributed by atoms with Gasteiger partial charge in [0.25, 0.3) is 0 Å². The minimum Gasteiger partial charge on any atom is -0.469 e. The van der Waals surface area contributed by atoms with Crippen molar-refractivity contribution in [3.63, 3.8) is 0 Å². The highest BCUT2D eigenvalue weighted by Crippen LogP contribution is 2.50. The van der Waals surface area contributed by atoms with Gasteiger partial charge in [-0.3, -0.25) is 4.79 Å². The van der Waals surface area contributed by atoms with Crippen molar-refractivity contribution in [2.45, 2.75) is 90.0 Å². The maximum absolute atomic E-state index is 11.4. The van der Waals surface area contributed by atoms with Crippen LogP contribution in [0.15, 0.2) is 24.3 Å². The Morgan fingerprint density at radius 3 is 2.33 bits per heavy atom. The molecule has 5 atom stereocenters. The Labute approximate surface area is 185 Å². The normalized spacial score (nSPS) is 29.0. The van der Waals surface area contributed by atoms with Crippen LogP contribution in [0.4, 0.5) is 0 Å². The van der Waals surface area contributed by atoms with Gasteiger partial charge < -0.3 is 14.3 Å². The lowest BCUT2D eigenvalue weighted by molar-refractivity contribution is -0.140. The van der Waals surface area contributed by atoms with Crippen LogP contribution in [0, 0.1) is 23.7 Å². The standard InChI is InChI=1S/C25H44O4Si/c1-17(2)30(18(3)4,19(5)6)29-15-14-21-20(10-8-9-11-25(27)28-7)16-23-22(21)12-13-24(23)26/h8,10,12-13,17-24,26H,9,11,14-16H2,1-7H3/b10-8+/t20-,21+,22-,23+,24+/m1/s1. The molecule has 0 spiro atoms. The molecule has 4 nitrogen and oxygen atoms in total. The predicted molar refractivity (Wildman–Crippen MR) is 126 cm³/mol. The Bertz CT molecular complexity index is 588. The molecule has 0 aromatic carbocycles. The van der Waals surface area contributed by atoms with Gasteiger partial charge in [0.2, 0.25) is 0 Å². The van der Waals surface area contributed by atoms with Crippen LogP contribution in [-0.4, -0.2) is 39.2 Å². The first-order valence-corrected chi connectivity index (χ1v) is 14.0. The summed E-state index contributed by atoms with van der Waals surface area (Å²) in [6.07, 6.45) is 11.5. The average molecular weight is 437 g/mol. The molecule has 0 bridgehead atoms. The molecule has 1 saturated carbocycles. The van der Waals surface area contributed by atoms with Gasteiger partial charge in [-0.15, -0.1) is 0 Å². The van der Waals surface area contributed by atoms with E-state index in [1.165, 1.54) is 7.11 Å². The molecular weight excluding hydrogens is 392 g/mol. The van der Waals surface area contributed by atoms with Crippen molar-refractivity contribution in [3.05, 3.63) is 24.3 Å². The van der Waals surface area contributed by atoms with Crippen molar-refractivity contribution >= 4 is 14.3 Å². The Hall–Kier alpha value is -0.913. The average Bonchev–Trinajstić information content (AvgIpc) is 3.20. The molecule has 172 valence electrons. The number of esters is 1. The van der Waals surface area contributed by atoms with Crippen molar-refractivity contribution in [2.75, 3.05) is 13.7 Å². The zero-order valence-corrected chi connectivity index (χ0v) is 21.1. The second-order valence-corrected chi connectivity index (χ2v) is 15.6. The summed E-state index contributed by atoms with van der Waals surface area (Å²) in [6.45, 7) is 14.8. The van der Waals surface area contributed by atoms with Crippen LogP contribution in [-0.2, 0) is 14.0 Å². The van der Waals surface area contributed by atoms with Gasteiger partial charge in [-0.05, 0) is 59.6 Å². The van der Waals surface area contributed by atoms with Crippen LogP contribution in [0.2, 0.25) is 16.6 Å². The van der Waals surface area contributed by atoms with E-state index in [0.29, 0.717) is 53.1 Å². The third-order valence-electron chi connectivity index (χ3n) is 7.69. The number of carbonyl (C=O) groups is 1. The van der Waals surface area contributed by atoms with E-state index in [4.69, 9.17) is 9.16 Å². The van der Waals surface area contributed by atoms with Gasteiger partial charge >= 0.3 is 5.97 Å².